The van der Waals surface area contributed by atoms with E-state index in [4.69, 9.17) is 26.1 Å². The number of nitrogens with one attached hydrogen (secondary N) is 2. The summed E-state index contributed by atoms with van der Waals surface area (Å²) in [5.41, 5.74) is 4.59. The number of aromatic nitrogens is 1. The van der Waals surface area contributed by atoms with Gasteiger partial charge in [0.1, 0.15) is 28.6 Å². The predicted molar refractivity (Wildman–Crippen MR) is 104 cm³/mol. The number of carbonyl (C=O) groups excluding carboxylic acids is 2. The first-order valence-electron chi connectivity index (χ1n) is 8.53. The van der Waals surface area contributed by atoms with Gasteiger partial charge in [-0.2, -0.15) is 5.26 Å². The number of benzene rings is 2. The molecule has 1 heterocycles. The summed E-state index contributed by atoms with van der Waals surface area (Å²) in [5, 5.41) is 12.5. The number of hydrogen-bond acceptors (Lipinski definition) is 6. The molecule has 0 saturated carbocycles. The van der Waals surface area contributed by atoms with Gasteiger partial charge in [0.15, 0.2) is 6.61 Å². The molecule has 1 aromatic heterocycles. The van der Waals surface area contributed by atoms with Crippen molar-refractivity contribution in [3.63, 3.8) is 0 Å². The number of amides is 2. The predicted octanol–water partition coefficient (Wildman–Crippen LogP) is 3.15. The van der Waals surface area contributed by atoms with Crippen LogP contribution in [0.5, 0.6) is 5.75 Å². The van der Waals surface area contributed by atoms with E-state index in [1.54, 1.807) is 12.1 Å². The van der Waals surface area contributed by atoms with Crippen molar-refractivity contribution in [2.24, 2.45) is 0 Å². The highest BCUT2D eigenvalue weighted by Gasteiger charge is 2.25. The maximum Gasteiger partial charge on any atom is 0.276 e. The Bertz CT molecular complexity index is 1120. The van der Waals surface area contributed by atoms with E-state index >= 15 is 0 Å². The second kappa shape index (κ2) is 9.07. The fraction of sp³-hybridized carbons (Fsp3) is 0.100. The largest absolute Gasteiger partial charge is 0.484 e. The Labute approximate surface area is 175 Å². The van der Waals surface area contributed by atoms with Crippen molar-refractivity contribution in [3.8, 4) is 23.1 Å². The van der Waals surface area contributed by atoms with E-state index in [1.165, 1.54) is 37.3 Å². The van der Waals surface area contributed by atoms with Crippen LogP contribution in [0.3, 0.4) is 0 Å². The fourth-order valence-electron chi connectivity index (χ4n) is 2.53. The van der Waals surface area contributed by atoms with Crippen molar-refractivity contribution in [1.82, 2.24) is 16.0 Å². The summed E-state index contributed by atoms with van der Waals surface area (Å²) in [6.07, 6.45) is 0. The number of aryl methyl sites for hydroxylation is 1. The highest BCUT2D eigenvalue weighted by Crippen LogP contribution is 2.33. The van der Waals surface area contributed by atoms with Gasteiger partial charge < -0.3 is 9.26 Å². The highest BCUT2D eigenvalue weighted by molar-refractivity contribution is 6.33. The Balaban J connectivity index is 1.64. The molecular weight excluding hydrogens is 415 g/mol. The zero-order chi connectivity index (χ0) is 21.7. The summed E-state index contributed by atoms with van der Waals surface area (Å²) in [6, 6.07) is 12.2. The third-order valence-electron chi connectivity index (χ3n) is 3.96. The number of nitrogens with zero attached hydrogens (tertiary/aromatic N) is 2. The molecule has 0 fully saturated rings. The normalized spacial score (nSPS) is 10.2. The van der Waals surface area contributed by atoms with Crippen molar-refractivity contribution in [3.05, 3.63) is 70.2 Å². The van der Waals surface area contributed by atoms with Gasteiger partial charge >= 0.3 is 0 Å². The maximum absolute atomic E-state index is 14.2. The third-order valence-corrected chi connectivity index (χ3v) is 4.27. The standard InChI is InChI=1S/C20H14ClFN4O4/c1-11-17(19(26-30-11)18-14(21)3-2-4-15(18)22)20(28)25-24-16(27)10-29-13-7-5-12(9-23)6-8-13/h2-8H,10H2,1H3,(H,24,27)(H,25,28). The molecule has 0 aliphatic heterocycles. The van der Waals surface area contributed by atoms with Gasteiger partial charge in [0, 0.05) is 0 Å². The van der Waals surface area contributed by atoms with Crippen molar-refractivity contribution >= 4 is 23.4 Å². The van der Waals surface area contributed by atoms with Crippen LogP contribution in [-0.4, -0.2) is 23.6 Å². The summed E-state index contributed by atoms with van der Waals surface area (Å²) in [5.74, 6) is -1.60. The van der Waals surface area contributed by atoms with Crippen LogP contribution in [0.1, 0.15) is 21.7 Å². The number of hydrogen-bond donors (Lipinski definition) is 2. The summed E-state index contributed by atoms with van der Waals surface area (Å²) in [6.45, 7) is 1.08. The van der Waals surface area contributed by atoms with Crippen LogP contribution in [0.4, 0.5) is 4.39 Å². The molecule has 0 unspecified atom stereocenters. The van der Waals surface area contributed by atoms with E-state index in [-0.39, 0.29) is 34.2 Å². The SMILES string of the molecule is Cc1onc(-c2c(F)cccc2Cl)c1C(=O)NNC(=O)COc1ccc(C#N)cc1. The van der Waals surface area contributed by atoms with Crippen LogP contribution < -0.4 is 15.6 Å². The lowest BCUT2D eigenvalue weighted by atomic mass is 10.1. The molecule has 0 bridgehead atoms. The van der Waals surface area contributed by atoms with E-state index in [1.807, 2.05) is 6.07 Å². The van der Waals surface area contributed by atoms with Crippen LogP contribution in [-0.2, 0) is 4.79 Å². The monoisotopic (exact) mass is 428 g/mol. The van der Waals surface area contributed by atoms with Crippen molar-refractivity contribution in [2.45, 2.75) is 6.92 Å². The summed E-state index contributed by atoms with van der Waals surface area (Å²) in [4.78, 5) is 24.5. The van der Waals surface area contributed by atoms with E-state index in [2.05, 4.69) is 16.0 Å². The molecule has 0 atom stereocenters. The Morgan fingerprint density at radius 2 is 1.97 bits per heavy atom. The van der Waals surface area contributed by atoms with Crippen LogP contribution in [0, 0.1) is 24.1 Å². The van der Waals surface area contributed by atoms with Gasteiger partial charge in [0.2, 0.25) is 0 Å². The van der Waals surface area contributed by atoms with Gasteiger partial charge in [-0.15, -0.1) is 0 Å². The van der Waals surface area contributed by atoms with Crippen molar-refractivity contribution < 1.29 is 23.2 Å². The number of ether oxygens (including phenoxy) is 1. The zero-order valence-electron chi connectivity index (χ0n) is 15.5. The molecule has 0 aliphatic rings. The van der Waals surface area contributed by atoms with Crippen LogP contribution in [0.2, 0.25) is 5.02 Å². The quantitative estimate of drug-likeness (QED) is 0.603. The molecule has 30 heavy (non-hydrogen) atoms. The van der Waals surface area contributed by atoms with E-state index in [9.17, 15) is 14.0 Å². The van der Waals surface area contributed by atoms with Crippen LogP contribution >= 0.6 is 11.6 Å². The Hall–Kier alpha value is -3.90. The molecule has 3 rings (SSSR count). The molecule has 2 aromatic carbocycles. The lowest BCUT2D eigenvalue weighted by Crippen LogP contribution is -2.44. The fourth-order valence-corrected chi connectivity index (χ4v) is 2.79. The zero-order valence-corrected chi connectivity index (χ0v) is 16.3. The Morgan fingerprint density at radius 3 is 2.63 bits per heavy atom. The summed E-state index contributed by atoms with van der Waals surface area (Å²) in [7, 11) is 0. The Kier molecular flexibility index (Phi) is 6.29. The average Bonchev–Trinajstić information content (AvgIpc) is 3.11. The smallest absolute Gasteiger partial charge is 0.276 e. The first-order valence-corrected chi connectivity index (χ1v) is 8.91. The van der Waals surface area contributed by atoms with Crippen molar-refractivity contribution in [2.75, 3.05) is 6.61 Å². The van der Waals surface area contributed by atoms with Gasteiger partial charge in [-0.3, -0.25) is 20.4 Å². The van der Waals surface area contributed by atoms with Gasteiger partial charge in [-0.05, 0) is 43.3 Å². The molecule has 10 heteroatoms. The minimum Gasteiger partial charge on any atom is -0.484 e. The molecular formula is C20H14ClFN4O4. The first-order chi connectivity index (χ1) is 14.4. The second-order valence-corrected chi connectivity index (χ2v) is 6.39. The van der Waals surface area contributed by atoms with Gasteiger partial charge in [0.25, 0.3) is 11.8 Å². The average molecular weight is 429 g/mol. The molecule has 3 aromatic rings. The molecule has 0 spiro atoms. The van der Waals surface area contributed by atoms with Gasteiger partial charge in [-0.25, -0.2) is 4.39 Å². The lowest BCUT2D eigenvalue weighted by Gasteiger charge is -2.09. The minimum absolute atomic E-state index is 0.0530. The minimum atomic E-state index is -0.769. The lowest BCUT2D eigenvalue weighted by molar-refractivity contribution is -0.123. The summed E-state index contributed by atoms with van der Waals surface area (Å²) < 4.78 is 24.5. The maximum atomic E-state index is 14.2. The van der Waals surface area contributed by atoms with Gasteiger partial charge in [0.05, 0.1) is 22.2 Å². The van der Waals surface area contributed by atoms with E-state index in [0.29, 0.717) is 11.3 Å². The second-order valence-electron chi connectivity index (χ2n) is 5.99. The number of carbonyl (C=O) groups is 2. The Morgan fingerprint density at radius 1 is 1.23 bits per heavy atom. The van der Waals surface area contributed by atoms with E-state index < -0.39 is 17.6 Å². The number of halogens is 2. The summed E-state index contributed by atoms with van der Waals surface area (Å²) >= 11 is 6.04. The third kappa shape index (κ3) is 4.56. The number of hydrazine groups is 1. The van der Waals surface area contributed by atoms with Crippen molar-refractivity contribution in [1.29, 1.82) is 5.26 Å². The topological polar surface area (TPSA) is 117 Å². The number of rotatable bonds is 5. The number of nitriles is 1. The highest BCUT2D eigenvalue weighted by atomic mass is 35.5. The first kappa shape index (κ1) is 20.8. The molecule has 8 nitrogen and oxygen atoms in total. The molecule has 0 saturated heterocycles. The molecule has 152 valence electrons. The van der Waals surface area contributed by atoms with Crippen LogP contribution in [0.25, 0.3) is 11.3 Å². The van der Waals surface area contributed by atoms with Gasteiger partial charge in [-0.1, -0.05) is 22.8 Å². The molecule has 2 amide bonds. The van der Waals surface area contributed by atoms with Crippen LogP contribution in [0.15, 0.2) is 47.0 Å². The molecule has 2 N–H and O–H groups in total. The molecule has 0 aliphatic carbocycles. The molecule has 0 radical (unpaired) electrons. The van der Waals surface area contributed by atoms with E-state index in [0.717, 1.165) is 0 Å².